The number of hydrogen-bond acceptors (Lipinski definition) is 7. The second-order valence-corrected chi connectivity index (χ2v) is 8.61. The zero-order valence-electron chi connectivity index (χ0n) is 18.3. The average Bonchev–Trinajstić information content (AvgIpc) is 3.22. The number of piperazine rings is 1. The summed E-state index contributed by atoms with van der Waals surface area (Å²) in [5.74, 6) is 7.74. The minimum absolute atomic E-state index is 0.0869. The van der Waals surface area contributed by atoms with Crippen LogP contribution < -0.4 is 10.6 Å². The fourth-order valence-electron chi connectivity index (χ4n) is 3.91. The third-order valence-electron chi connectivity index (χ3n) is 5.83. The molecule has 2 aromatic carbocycles. The van der Waals surface area contributed by atoms with E-state index in [1.165, 1.54) is 22.0 Å². The van der Waals surface area contributed by atoms with E-state index in [1.54, 1.807) is 7.11 Å². The first-order valence-corrected chi connectivity index (χ1v) is 11.6. The van der Waals surface area contributed by atoms with Crippen molar-refractivity contribution in [1.29, 1.82) is 0 Å². The molecule has 1 fully saturated rings. The number of rotatable bonds is 7. The largest absolute Gasteiger partial charge is 0.496 e. The summed E-state index contributed by atoms with van der Waals surface area (Å²) >= 11 is 1.30. The van der Waals surface area contributed by atoms with Crippen LogP contribution in [0.5, 0.6) is 5.75 Å². The van der Waals surface area contributed by atoms with E-state index in [0.717, 1.165) is 31.7 Å². The van der Waals surface area contributed by atoms with Crippen molar-refractivity contribution in [3.8, 4) is 17.1 Å². The van der Waals surface area contributed by atoms with Gasteiger partial charge in [-0.2, -0.15) is 0 Å². The molecule has 0 bridgehead atoms. The quantitative estimate of drug-likeness (QED) is 0.435. The van der Waals surface area contributed by atoms with E-state index < -0.39 is 0 Å². The molecule has 3 aromatic rings. The van der Waals surface area contributed by atoms with Crippen molar-refractivity contribution in [3.05, 3.63) is 60.2 Å². The van der Waals surface area contributed by atoms with Crippen LogP contribution in [0.25, 0.3) is 11.4 Å². The van der Waals surface area contributed by atoms with Crippen LogP contribution in [-0.2, 0) is 4.79 Å². The molecule has 0 aliphatic carbocycles. The lowest BCUT2D eigenvalue weighted by atomic mass is 10.1. The average molecular weight is 453 g/mol. The van der Waals surface area contributed by atoms with Crippen LogP contribution >= 0.6 is 11.8 Å². The molecule has 2 heterocycles. The Hall–Kier alpha value is -3.04. The zero-order valence-corrected chi connectivity index (χ0v) is 19.2. The molecular formula is C23H28N6O2S. The number of para-hydroxylation sites is 1. The van der Waals surface area contributed by atoms with Gasteiger partial charge in [-0.3, -0.25) is 9.69 Å². The van der Waals surface area contributed by atoms with Gasteiger partial charge < -0.3 is 15.5 Å². The lowest BCUT2D eigenvalue weighted by Crippen LogP contribution is -2.49. The molecule has 1 aliphatic rings. The van der Waals surface area contributed by atoms with Crippen LogP contribution in [0.1, 0.15) is 18.5 Å². The van der Waals surface area contributed by atoms with Crippen LogP contribution in [0, 0.1) is 0 Å². The van der Waals surface area contributed by atoms with Crippen LogP contribution in [0.4, 0.5) is 0 Å². The van der Waals surface area contributed by atoms with Crippen LogP contribution in [0.15, 0.2) is 59.8 Å². The smallest absolute Gasteiger partial charge is 0.233 e. The van der Waals surface area contributed by atoms with Crippen molar-refractivity contribution < 1.29 is 9.53 Å². The van der Waals surface area contributed by atoms with E-state index >= 15 is 0 Å². The zero-order chi connectivity index (χ0) is 22.5. The highest BCUT2D eigenvalue weighted by Crippen LogP contribution is 2.29. The summed E-state index contributed by atoms with van der Waals surface area (Å²) in [6.45, 7) is 5.38. The van der Waals surface area contributed by atoms with Gasteiger partial charge in [0, 0.05) is 32.2 Å². The van der Waals surface area contributed by atoms with Gasteiger partial charge in [0.1, 0.15) is 5.75 Å². The van der Waals surface area contributed by atoms with Crippen molar-refractivity contribution in [2.24, 2.45) is 0 Å². The standard InChI is InChI=1S/C23H28N6O2S/c1-17(18-8-4-3-5-9-18)27-12-14-28(15-13-27)21(30)16-32-23-26-25-22(29(23)24)19-10-6-7-11-20(19)31-2/h3-11,17H,12-16,24H2,1-2H3. The maximum absolute atomic E-state index is 12.8. The highest BCUT2D eigenvalue weighted by atomic mass is 32.2. The molecule has 1 unspecified atom stereocenters. The predicted molar refractivity (Wildman–Crippen MR) is 126 cm³/mol. The highest BCUT2D eigenvalue weighted by Gasteiger charge is 2.25. The van der Waals surface area contributed by atoms with Crippen molar-refractivity contribution in [2.45, 2.75) is 18.1 Å². The number of nitrogens with zero attached hydrogens (tertiary/aromatic N) is 5. The summed E-state index contributed by atoms with van der Waals surface area (Å²) < 4.78 is 6.80. The fourth-order valence-corrected chi connectivity index (χ4v) is 4.67. The molecule has 1 saturated heterocycles. The number of thioether (sulfide) groups is 1. The molecule has 9 heteroatoms. The minimum atomic E-state index is 0.0869. The van der Waals surface area contributed by atoms with E-state index in [-0.39, 0.29) is 11.7 Å². The van der Waals surface area contributed by atoms with Crippen molar-refractivity contribution in [3.63, 3.8) is 0 Å². The molecule has 2 N–H and O–H groups in total. The van der Waals surface area contributed by atoms with Crippen molar-refractivity contribution >= 4 is 17.7 Å². The summed E-state index contributed by atoms with van der Waals surface area (Å²) in [4.78, 5) is 17.1. The summed E-state index contributed by atoms with van der Waals surface area (Å²) in [6, 6.07) is 18.3. The van der Waals surface area contributed by atoms with Gasteiger partial charge in [0.25, 0.3) is 0 Å². The highest BCUT2D eigenvalue weighted by molar-refractivity contribution is 7.99. The molecule has 8 nitrogen and oxygen atoms in total. The molecule has 0 saturated carbocycles. The minimum Gasteiger partial charge on any atom is -0.496 e. The number of benzene rings is 2. The lowest BCUT2D eigenvalue weighted by Gasteiger charge is -2.38. The Labute approximate surface area is 192 Å². The molecule has 0 spiro atoms. The molecule has 168 valence electrons. The third kappa shape index (κ3) is 4.73. The van der Waals surface area contributed by atoms with Gasteiger partial charge in [0.05, 0.1) is 18.4 Å². The Kier molecular flexibility index (Phi) is 6.96. The van der Waals surface area contributed by atoms with Gasteiger partial charge in [-0.25, -0.2) is 4.68 Å². The van der Waals surface area contributed by atoms with E-state index in [9.17, 15) is 4.79 Å². The van der Waals surface area contributed by atoms with Gasteiger partial charge in [-0.05, 0) is 24.6 Å². The first-order valence-electron chi connectivity index (χ1n) is 10.6. The van der Waals surface area contributed by atoms with Gasteiger partial charge >= 0.3 is 0 Å². The van der Waals surface area contributed by atoms with Crippen LogP contribution in [0.3, 0.4) is 0 Å². The summed E-state index contributed by atoms with van der Waals surface area (Å²) in [7, 11) is 1.60. The van der Waals surface area contributed by atoms with Gasteiger partial charge in [-0.15, -0.1) is 10.2 Å². The number of methoxy groups -OCH3 is 1. The number of amides is 1. The van der Waals surface area contributed by atoms with Gasteiger partial charge in [0.15, 0.2) is 5.82 Å². The fraction of sp³-hybridized carbons (Fsp3) is 0.348. The number of carbonyl (C=O) groups is 1. The van der Waals surface area contributed by atoms with Crippen molar-refractivity contribution in [1.82, 2.24) is 24.7 Å². The number of ether oxygens (including phenoxy) is 1. The van der Waals surface area contributed by atoms with Crippen LogP contribution in [-0.4, -0.2) is 69.6 Å². The molecule has 1 amide bonds. The second-order valence-electron chi connectivity index (χ2n) is 7.67. The van der Waals surface area contributed by atoms with Gasteiger partial charge in [0.2, 0.25) is 11.1 Å². The summed E-state index contributed by atoms with van der Waals surface area (Å²) in [5.41, 5.74) is 2.06. The molecule has 4 rings (SSSR count). The Bertz CT molecular complexity index is 1050. The Morgan fingerprint density at radius 2 is 1.75 bits per heavy atom. The number of nitrogens with two attached hydrogens (primary N) is 1. The SMILES string of the molecule is COc1ccccc1-c1nnc(SCC(=O)N2CCN(C(C)c3ccccc3)CC2)n1N. The molecule has 32 heavy (non-hydrogen) atoms. The number of nitrogen functional groups attached to an aromatic ring is 1. The van der Waals surface area contributed by atoms with E-state index in [4.69, 9.17) is 10.6 Å². The number of carbonyl (C=O) groups excluding carboxylic acids is 1. The Morgan fingerprint density at radius 3 is 2.47 bits per heavy atom. The lowest BCUT2D eigenvalue weighted by molar-refractivity contribution is -0.130. The van der Waals surface area contributed by atoms with E-state index in [1.807, 2.05) is 35.2 Å². The van der Waals surface area contributed by atoms with Crippen LogP contribution in [0.2, 0.25) is 0 Å². The Balaban J connectivity index is 1.32. The third-order valence-corrected chi connectivity index (χ3v) is 6.76. The second kappa shape index (κ2) is 10.1. The maximum Gasteiger partial charge on any atom is 0.233 e. The van der Waals surface area contributed by atoms with Crippen molar-refractivity contribution in [2.75, 3.05) is 44.9 Å². The summed E-state index contributed by atoms with van der Waals surface area (Å²) in [6.07, 6.45) is 0. The molecule has 0 radical (unpaired) electrons. The Morgan fingerprint density at radius 1 is 1.06 bits per heavy atom. The first kappa shape index (κ1) is 22.2. The van der Waals surface area contributed by atoms with E-state index in [2.05, 4.69) is 46.3 Å². The first-order chi connectivity index (χ1) is 15.6. The predicted octanol–water partition coefficient (Wildman–Crippen LogP) is 2.67. The number of hydrogen-bond donors (Lipinski definition) is 1. The monoisotopic (exact) mass is 452 g/mol. The molecule has 1 aliphatic heterocycles. The van der Waals surface area contributed by atoms with Gasteiger partial charge in [-0.1, -0.05) is 54.2 Å². The number of aromatic nitrogens is 3. The maximum atomic E-state index is 12.8. The molecule has 1 atom stereocenters. The molecular weight excluding hydrogens is 424 g/mol. The summed E-state index contributed by atoms with van der Waals surface area (Å²) in [5, 5.41) is 8.86. The topological polar surface area (TPSA) is 89.5 Å². The van der Waals surface area contributed by atoms with E-state index in [0.29, 0.717) is 22.8 Å². The normalized spacial score (nSPS) is 15.5. The molecule has 1 aromatic heterocycles.